The topological polar surface area (TPSA) is 60.5 Å². The number of rotatable bonds is 7. The molecule has 0 amide bonds. The third-order valence-electron chi connectivity index (χ3n) is 3.73. The van der Waals surface area contributed by atoms with Gasteiger partial charge >= 0.3 is 5.97 Å². The van der Waals surface area contributed by atoms with Crippen molar-refractivity contribution in [2.75, 3.05) is 13.2 Å². The molecular weight excluding hydrogens is 311 g/mol. The van der Waals surface area contributed by atoms with E-state index in [2.05, 4.69) is 10.3 Å². The molecule has 0 aliphatic carbocycles. The van der Waals surface area contributed by atoms with Gasteiger partial charge in [-0.2, -0.15) is 0 Å². The highest BCUT2D eigenvalue weighted by Crippen LogP contribution is 2.21. The lowest BCUT2D eigenvalue weighted by molar-refractivity contribution is -0.164. The summed E-state index contributed by atoms with van der Waals surface area (Å²) in [5.74, 6) is 0.131. The van der Waals surface area contributed by atoms with Gasteiger partial charge in [0.05, 0.1) is 18.9 Å². The Morgan fingerprint density at radius 2 is 2.25 bits per heavy atom. The minimum absolute atomic E-state index is 0.0747. The summed E-state index contributed by atoms with van der Waals surface area (Å²) in [7, 11) is 0. The summed E-state index contributed by atoms with van der Waals surface area (Å²) in [5, 5.41) is 3.30. The number of hydrogen-bond acceptors (Lipinski definition) is 5. The standard InChI is InChI=1S/C18H27FN2O3/c1-18(2,3)24-17(22)16(15-7-5-9-21-15)23-14-10-13(6-4-8-19)11-20-12-14/h10-12,15-16,21H,4-9H2,1-3H3/t15-,16?/m0/s1. The van der Waals surface area contributed by atoms with Crippen molar-refractivity contribution in [1.82, 2.24) is 10.3 Å². The van der Waals surface area contributed by atoms with Gasteiger partial charge in [0.15, 0.2) is 0 Å². The second-order valence-electron chi connectivity index (χ2n) is 7.10. The van der Waals surface area contributed by atoms with Crippen molar-refractivity contribution < 1.29 is 18.7 Å². The van der Waals surface area contributed by atoms with Gasteiger partial charge in [0.2, 0.25) is 6.10 Å². The van der Waals surface area contributed by atoms with Crippen LogP contribution in [0.25, 0.3) is 0 Å². The molecule has 0 aromatic carbocycles. The maximum Gasteiger partial charge on any atom is 0.349 e. The zero-order valence-electron chi connectivity index (χ0n) is 14.7. The van der Waals surface area contributed by atoms with E-state index in [1.165, 1.54) is 0 Å². The maximum absolute atomic E-state index is 12.5. The van der Waals surface area contributed by atoms with E-state index in [-0.39, 0.29) is 18.7 Å². The number of pyridine rings is 1. The first-order valence-corrected chi connectivity index (χ1v) is 8.52. The van der Waals surface area contributed by atoms with Gasteiger partial charge < -0.3 is 14.8 Å². The van der Waals surface area contributed by atoms with Crippen molar-refractivity contribution in [2.24, 2.45) is 0 Å². The Balaban J connectivity index is 2.11. The van der Waals surface area contributed by atoms with Crippen LogP contribution in [0.5, 0.6) is 5.75 Å². The van der Waals surface area contributed by atoms with Crippen molar-refractivity contribution >= 4 is 5.97 Å². The predicted octanol–water partition coefficient (Wildman–Crippen LogP) is 2.82. The molecule has 1 aliphatic rings. The van der Waals surface area contributed by atoms with E-state index in [0.717, 1.165) is 24.9 Å². The summed E-state index contributed by atoms with van der Waals surface area (Å²) in [4.78, 5) is 16.7. The molecule has 6 heteroatoms. The first-order valence-electron chi connectivity index (χ1n) is 8.52. The fourth-order valence-corrected chi connectivity index (χ4v) is 2.71. The highest BCUT2D eigenvalue weighted by molar-refractivity contribution is 5.76. The Kier molecular flexibility index (Phi) is 6.54. The Morgan fingerprint density at radius 1 is 1.46 bits per heavy atom. The van der Waals surface area contributed by atoms with E-state index < -0.39 is 11.7 Å². The molecule has 1 aromatic heterocycles. The normalized spacial score (nSPS) is 19.1. The van der Waals surface area contributed by atoms with Crippen LogP contribution in [-0.4, -0.2) is 41.9 Å². The number of alkyl halides is 1. The summed E-state index contributed by atoms with van der Waals surface area (Å²) in [6.07, 6.45) is 5.46. The van der Waals surface area contributed by atoms with Gasteiger partial charge in [0.1, 0.15) is 11.4 Å². The molecule has 134 valence electrons. The molecule has 2 rings (SSSR count). The monoisotopic (exact) mass is 338 g/mol. The highest BCUT2D eigenvalue weighted by atomic mass is 19.1. The number of carbonyl (C=O) groups excluding carboxylic acids is 1. The zero-order valence-corrected chi connectivity index (χ0v) is 14.7. The minimum atomic E-state index is -0.718. The second kappa shape index (κ2) is 8.42. The largest absolute Gasteiger partial charge is 0.475 e. The van der Waals surface area contributed by atoms with Gasteiger partial charge in [0.25, 0.3) is 0 Å². The van der Waals surface area contributed by atoms with Gasteiger partial charge in [-0.05, 0) is 64.6 Å². The summed E-state index contributed by atoms with van der Waals surface area (Å²) in [6.45, 7) is 6.01. The third kappa shape index (κ3) is 5.74. The van der Waals surface area contributed by atoms with Crippen LogP contribution in [0.4, 0.5) is 4.39 Å². The Hall–Kier alpha value is -1.69. The summed E-state index contributed by atoms with van der Waals surface area (Å²) >= 11 is 0. The lowest BCUT2D eigenvalue weighted by atomic mass is 10.1. The number of esters is 1. The highest BCUT2D eigenvalue weighted by Gasteiger charge is 2.35. The fourth-order valence-electron chi connectivity index (χ4n) is 2.71. The van der Waals surface area contributed by atoms with Crippen molar-refractivity contribution in [1.29, 1.82) is 0 Å². The number of aryl methyl sites for hydroxylation is 1. The molecule has 0 bridgehead atoms. The Morgan fingerprint density at radius 3 is 2.88 bits per heavy atom. The predicted molar refractivity (Wildman–Crippen MR) is 89.8 cm³/mol. The molecule has 1 saturated heterocycles. The molecule has 0 spiro atoms. The van der Waals surface area contributed by atoms with Gasteiger partial charge in [-0.1, -0.05) is 0 Å². The van der Waals surface area contributed by atoms with Crippen molar-refractivity contribution in [3.05, 3.63) is 24.0 Å². The third-order valence-corrected chi connectivity index (χ3v) is 3.73. The molecule has 2 atom stereocenters. The summed E-state index contributed by atoms with van der Waals surface area (Å²) in [6, 6.07) is 1.74. The molecule has 1 N–H and O–H groups in total. The first-order chi connectivity index (χ1) is 11.4. The quantitative estimate of drug-likeness (QED) is 0.775. The maximum atomic E-state index is 12.5. The number of nitrogens with zero attached hydrogens (tertiary/aromatic N) is 1. The zero-order chi connectivity index (χ0) is 17.6. The number of aromatic nitrogens is 1. The lowest BCUT2D eigenvalue weighted by Crippen LogP contribution is -2.47. The molecule has 1 unspecified atom stereocenters. The van der Waals surface area contributed by atoms with Gasteiger partial charge in [-0.15, -0.1) is 0 Å². The number of ether oxygens (including phenoxy) is 2. The molecule has 1 fully saturated rings. The summed E-state index contributed by atoms with van der Waals surface area (Å²) < 4.78 is 23.8. The van der Waals surface area contributed by atoms with Crippen LogP contribution in [0.2, 0.25) is 0 Å². The van der Waals surface area contributed by atoms with Gasteiger partial charge in [-0.3, -0.25) is 9.37 Å². The van der Waals surface area contributed by atoms with E-state index >= 15 is 0 Å². The van der Waals surface area contributed by atoms with Crippen molar-refractivity contribution in [3.8, 4) is 5.75 Å². The number of nitrogens with one attached hydrogen (secondary N) is 1. The molecule has 2 heterocycles. The van der Waals surface area contributed by atoms with Crippen LogP contribution < -0.4 is 10.1 Å². The van der Waals surface area contributed by atoms with Crippen molar-refractivity contribution in [2.45, 2.75) is 64.2 Å². The van der Waals surface area contributed by atoms with E-state index in [4.69, 9.17) is 9.47 Å². The first kappa shape index (κ1) is 18.6. The molecule has 0 radical (unpaired) electrons. The van der Waals surface area contributed by atoms with Crippen LogP contribution in [0.3, 0.4) is 0 Å². The Bertz CT molecular complexity index is 539. The van der Waals surface area contributed by atoms with E-state index in [9.17, 15) is 9.18 Å². The molecule has 24 heavy (non-hydrogen) atoms. The van der Waals surface area contributed by atoms with E-state index in [0.29, 0.717) is 18.6 Å². The molecular formula is C18H27FN2O3. The van der Waals surface area contributed by atoms with Crippen molar-refractivity contribution in [3.63, 3.8) is 0 Å². The minimum Gasteiger partial charge on any atom is -0.475 e. The smallest absolute Gasteiger partial charge is 0.349 e. The van der Waals surface area contributed by atoms with Gasteiger partial charge in [-0.25, -0.2) is 4.79 Å². The number of halogens is 1. The average Bonchev–Trinajstić information content (AvgIpc) is 3.03. The van der Waals surface area contributed by atoms with Crippen LogP contribution in [-0.2, 0) is 16.0 Å². The molecule has 5 nitrogen and oxygen atoms in total. The molecule has 1 aliphatic heterocycles. The number of hydrogen-bond donors (Lipinski definition) is 1. The SMILES string of the molecule is CC(C)(C)OC(=O)C(Oc1cncc(CCCF)c1)[C@@H]1CCCN1. The van der Waals surface area contributed by atoms with Gasteiger partial charge in [0, 0.05) is 6.20 Å². The van der Waals surface area contributed by atoms with E-state index in [1.807, 2.05) is 26.8 Å². The summed E-state index contributed by atoms with van der Waals surface area (Å²) in [5.41, 5.74) is 0.325. The fraction of sp³-hybridized carbons (Fsp3) is 0.667. The van der Waals surface area contributed by atoms with Crippen LogP contribution in [0.1, 0.15) is 45.6 Å². The second-order valence-corrected chi connectivity index (χ2v) is 7.10. The average molecular weight is 338 g/mol. The lowest BCUT2D eigenvalue weighted by Gasteiger charge is -2.27. The number of carbonyl (C=O) groups is 1. The Labute approximate surface area is 142 Å². The van der Waals surface area contributed by atoms with E-state index in [1.54, 1.807) is 12.4 Å². The van der Waals surface area contributed by atoms with Crippen LogP contribution >= 0.6 is 0 Å². The van der Waals surface area contributed by atoms with Crippen LogP contribution in [0.15, 0.2) is 18.5 Å². The van der Waals surface area contributed by atoms with Crippen LogP contribution in [0, 0.1) is 0 Å². The molecule has 1 aromatic rings. The molecule has 0 saturated carbocycles.